The molecule has 1 aliphatic rings. The van der Waals surface area contributed by atoms with Crippen LogP contribution in [-0.2, 0) is 6.61 Å². The number of hydrogen-bond acceptors (Lipinski definition) is 4. The molecule has 0 unspecified atom stereocenters. The summed E-state index contributed by atoms with van der Waals surface area (Å²) in [5.74, 6) is 0.189. The lowest BCUT2D eigenvalue weighted by molar-refractivity contribution is 0.315. The Bertz CT molecular complexity index is 1130. The van der Waals surface area contributed by atoms with E-state index in [9.17, 15) is 4.39 Å². The van der Waals surface area contributed by atoms with Gasteiger partial charge in [-0.3, -0.25) is 0 Å². The van der Waals surface area contributed by atoms with Gasteiger partial charge in [-0.2, -0.15) is 0 Å². The van der Waals surface area contributed by atoms with Crippen LogP contribution in [0.2, 0.25) is 0 Å². The molecule has 2 aromatic carbocycles. The minimum absolute atomic E-state index is 0.130. The van der Waals surface area contributed by atoms with Crippen molar-refractivity contribution in [1.82, 2.24) is 0 Å². The van der Waals surface area contributed by atoms with Gasteiger partial charge in [0.05, 0.1) is 12.6 Å². The molecule has 4 rings (SSSR count). The van der Waals surface area contributed by atoms with Crippen LogP contribution in [0, 0.1) is 12.7 Å². The van der Waals surface area contributed by atoms with E-state index >= 15 is 0 Å². The molecule has 0 atom stereocenters. The first kappa shape index (κ1) is 20.5. The average molecular weight is 424 g/mol. The molecular formula is C25H26FNO2S. The third-order valence-corrected chi connectivity index (χ3v) is 6.22. The highest BCUT2D eigenvalue weighted by Crippen LogP contribution is 2.43. The highest BCUT2D eigenvalue weighted by molar-refractivity contribution is 7.12. The SMILES string of the molecule is COc1cc(F)ccc1-c1ccc2c(c1COc1cc(C)cs1)C(C)=CC(C)(C)N2. The van der Waals surface area contributed by atoms with Gasteiger partial charge in [0.2, 0.25) is 0 Å². The summed E-state index contributed by atoms with van der Waals surface area (Å²) in [4.78, 5) is 0. The van der Waals surface area contributed by atoms with Crippen molar-refractivity contribution in [2.75, 3.05) is 12.4 Å². The fourth-order valence-corrected chi connectivity index (χ4v) is 4.86. The van der Waals surface area contributed by atoms with Crippen LogP contribution in [0.25, 0.3) is 16.7 Å². The van der Waals surface area contributed by atoms with Crippen LogP contribution in [0.3, 0.4) is 0 Å². The van der Waals surface area contributed by atoms with Crippen LogP contribution in [0.5, 0.6) is 10.8 Å². The van der Waals surface area contributed by atoms with Crippen molar-refractivity contribution in [3.8, 4) is 21.9 Å². The summed E-state index contributed by atoms with van der Waals surface area (Å²) in [6, 6.07) is 10.9. The predicted octanol–water partition coefficient (Wildman–Crippen LogP) is 7.06. The van der Waals surface area contributed by atoms with Gasteiger partial charge < -0.3 is 14.8 Å². The summed E-state index contributed by atoms with van der Waals surface area (Å²) in [5, 5.41) is 6.57. The molecule has 0 radical (unpaired) electrons. The molecule has 0 bridgehead atoms. The summed E-state index contributed by atoms with van der Waals surface area (Å²) in [5.41, 5.74) is 7.34. The molecule has 3 nitrogen and oxygen atoms in total. The Labute approximate surface area is 181 Å². The Morgan fingerprint density at radius 1 is 1.07 bits per heavy atom. The summed E-state index contributed by atoms with van der Waals surface area (Å²) in [6.07, 6.45) is 2.24. The topological polar surface area (TPSA) is 30.5 Å². The summed E-state index contributed by atoms with van der Waals surface area (Å²) >= 11 is 1.59. The van der Waals surface area contributed by atoms with E-state index in [0.717, 1.165) is 33.0 Å². The van der Waals surface area contributed by atoms with E-state index < -0.39 is 0 Å². The Hall–Kier alpha value is -2.79. The highest BCUT2D eigenvalue weighted by Gasteiger charge is 2.27. The van der Waals surface area contributed by atoms with Gasteiger partial charge in [0, 0.05) is 28.4 Å². The van der Waals surface area contributed by atoms with Crippen molar-refractivity contribution in [1.29, 1.82) is 0 Å². The Morgan fingerprint density at radius 3 is 2.53 bits per heavy atom. The fourth-order valence-electron chi connectivity index (χ4n) is 4.11. The molecule has 5 heteroatoms. The van der Waals surface area contributed by atoms with Gasteiger partial charge in [-0.05, 0) is 74.0 Å². The number of ether oxygens (including phenoxy) is 2. The van der Waals surface area contributed by atoms with Gasteiger partial charge in [-0.25, -0.2) is 4.39 Å². The Balaban J connectivity index is 1.87. The number of hydrogen-bond donors (Lipinski definition) is 1. The number of methoxy groups -OCH3 is 1. The van der Waals surface area contributed by atoms with Gasteiger partial charge >= 0.3 is 0 Å². The Kier molecular flexibility index (Phi) is 5.33. The van der Waals surface area contributed by atoms with Crippen LogP contribution >= 0.6 is 11.3 Å². The maximum Gasteiger partial charge on any atom is 0.174 e. The quantitative estimate of drug-likeness (QED) is 0.477. The molecule has 156 valence electrons. The van der Waals surface area contributed by atoms with E-state index in [1.54, 1.807) is 24.5 Å². The monoisotopic (exact) mass is 423 g/mol. The minimum Gasteiger partial charge on any atom is -0.496 e. The summed E-state index contributed by atoms with van der Waals surface area (Å²) < 4.78 is 25.5. The van der Waals surface area contributed by atoms with Crippen molar-refractivity contribution in [2.45, 2.75) is 39.8 Å². The second-order valence-corrected chi connectivity index (χ2v) is 9.14. The number of aryl methyl sites for hydroxylation is 1. The van der Waals surface area contributed by atoms with Crippen molar-refractivity contribution >= 4 is 22.6 Å². The number of allylic oxidation sites excluding steroid dienone is 1. The molecule has 0 spiro atoms. The maximum atomic E-state index is 13.8. The van der Waals surface area contributed by atoms with Gasteiger partial charge in [-0.15, -0.1) is 11.3 Å². The van der Waals surface area contributed by atoms with Crippen LogP contribution in [0.1, 0.15) is 37.5 Å². The smallest absolute Gasteiger partial charge is 0.174 e. The Morgan fingerprint density at radius 2 is 1.83 bits per heavy atom. The molecule has 30 heavy (non-hydrogen) atoms. The van der Waals surface area contributed by atoms with E-state index in [4.69, 9.17) is 9.47 Å². The first-order valence-corrected chi connectivity index (χ1v) is 10.8. The first-order chi connectivity index (χ1) is 14.3. The number of anilines is 1. The molecule has 1 aromatic heterocycles. The second-order valence-electron chi connectivity index (χ2n) is 8.26. The standard InChI is InChI=1S/C25H26FNO2S/c1-15-10-23(30-14-15)29-13-20-18(19-7-6-17(26)11-22(19)28-5)8-9-21-24(20)16(2)12-25(3,4)27-21/h6-12,14,27H,13H2,1-5H3. The molecule has 0 amide bonds. The molecule has 0 saturated heterocycles. The third-order valence-electron chi connectivity index (χ3n) is 5.26. The van der Waals surface area contributed by atoms with Crippen LogP contribution < -0.4 is 14.8 Å². The van der Waals surface area contributed by atoms with Gasteiger partial charge in [0.15, 0.2) is 5.06 Å². The predicted molar refractivity (Wildman–Crippen MR) is 123 cm³/mol. The summed E-state index contributed by atoms with van der Waals surface area (Å²) in [7, 11) is 1.57. The number of halogens is 1. The maximum absolute atomic E-state index is 13.8. The molecular weight excluding hydrogens is 397 g/mol. The normalized spacial score (nSPS) is 14.5. The molecule has 2 heterocycles. The van der Waals surface area contributed by atoms with Crippen LogP contribution in [0.4, 0.5) is 10.1 Å². The van der Waals surface area contributed by atoms with Crippen LogP contribution in [-0.4, -0.2) is 12.6 Å². The lowest BCUT2D eigenvalue weighted by Gasteiger charge is -2.33. The third kappa shape index (κ3) is 3.94. The zero-order valence-electron chi connectivity index (χ0n) is 17.9. The van der Waals surface area contributed by atoms with E-state index in [-0.39, 0.29) is 11.4 Å². The highest BCUT2D eigenvalue weighted by atomic mass is 32.1. The van der Waals surface area contributed by atoms with Crippen molar-refractivity contribution in [3.05, 3.63) is 70.4 Å². The first-order valence-electron chi connectivity index (χ1n) is 9.93. The number of nitrogens with one attached hydrogen (secondary N) is 1. The number of rotatable bonds is 5. The lowest BCUT2D eigenvalue weighted by atomic mass is 9.85. The zero-order chi connectivity index (χ0) is 21.5. The zero-order valence-corrected chi connectivity index (χ0v) is 18.7. The molecule has 0 fully saturated rings. The second kappa shape index (κ2) is 7.80. The lowest BCUT2D eigenvalue weighted by Crippen LogP contribution is -2.32. The van der Waals surface area contributed by atoms with Crippen molar-refractivity contribution in [2.24, 2.45) is 0 Å². The fraction of sp³-hybridized carbons (Fsp3) is 0.280. The number of thiophene rings is 1. The molecule has 1 aliphatic heterocycles. The average Bonchev–Trinajstić information content (AvgIpc) is 3.10. The van der Waals surface area contributed by atoms with Gasteiger partial charge in [0.25, 0.3) is 0 Å². The van der Waals surface area contributed by atoms with E-state index in [1.165, 1.54) is 23.3 Å². The van der Waals surface area contributed by atoms with Crippen LogP contribution in [0.15, 0.2) is 47.9 Å². The van der Waals surface area contributed by atoms with Gasteiger partial charge in [0.1, 0.15) is 18.2 Å². The van der Waals surface area contributed by atoms with Crippen molar-refractivity contribution < 1.29 is 13.9 Å². The molecule has 3 aromatic rings. The van der Waals surface area contributed by atoms with E-state index in [2.05, 4.69) is 56.6 Å². The number of benzene rings is 2. The molecule has 0 saturated carbocycles. The molecule has 1 N–H and O–H groups in total. The largest absolute Gasteiger partial charge is 0.496 e. The minimum atomic E-state index is -0.320. The van der Waals surface area contributed by atoms with Gasteiger partial charge in [-0.1, -0.05) is 12.1 Å². The molecule has 0 aliphatic carbocycles. The number of fused-ring (bicyclic) bond motifs is 1. The van der Waals surface area contributed by atoms with E-state index in [0.29, 0.717) is 12.4 Å². The summed E-state index contributed by atoms with van der Waals surface area (Å²) in [6.45, 7) is 8.90. The van der Waals surface area contributed by atoms with E-state index in [1.807, 2.05) is 6.07 Å². The van der Waals surface area contributed by atoms with Crippen molar-refractivity contribution in [3.63, 3.8) is 0 Å².